The van der Waals surface area contributed by atoms with Crippen molar-refractivity contribution in [3.05, 3.63) is 130 Å². The van der Waals surface area contributed by atoms with Crippen LogP contribution in [0.4, 0.5) is 10.1 Å². The van der Waals surface area contributed by atoms with Gasteiger partial charge in [0, 0.05) is 28.5 Å². The maximum Gasteiger partial charge on any atom is 0.264 e. The fraction of sp³-hybridized carbons (Fsp3) is 0.257. The Hall–Kier alpha value is -3.92. The highest BCUT2D eigenvalue weighted by Gasteiger charge is 2.35. The molecule has 0 saturated carbocycles. The number of nitrogens with zero attached hydrogens (tertiary/aromatic N) is 2. The van der Waals surface area contributed by atoms with Crippen molar-refractivity contribution in [1.29, 1.82) is 0 Å². The third-order valence-corrected chi connectivity index (χ3v) is 9.28. The molecule has 0 saturated heterocycles. The lowest BCUT2D eigenvalue weighted by Gasteiger charge is -2.35. The fourth-order valence-electron chi connectivity index (χ4n) is 4.84. The van der Waals surface area contributed by atoms with Gasteiger partial charge in [-0.15, -0.1) is 0 Å². The van der Waals surface area contributed by atoms with Crippen LogP contribution in [0.2, 0.25) is 10.0 Å². The second-order valence-electron chi connectivity index (χ2n) is 12.0. The first-order chi connectivity index (χ1) is 21.6. The van der Waals surface area contributed by atoms with Crippen LogP contribution in [-0.4, -0.2) is 43.3 Å². The fourth-order valence-corrected chi connectivity index (χ4v) is 6.76. The average molecular weight is 685 g/mol. The Bertz CT molecular complexity index is 1760. The van der Waals surface area contributed by atoms with Crippen LogP contribution in [0.25, 0.3) is 0 Å². The van der Waals surface area contributed by atoms with Crippen molar-refractivity contribution < 1.29 is 22.4 Å². The van der Waals surface area contributed by atoms with Crippen molar-refractivity contribution in [3.8, 4) is 0 Å². The summed E-state index contributed by atoms with van der Waals surface area (Å²) in [6, 6.07) is 24.2. The summed E-state index contributed by atoms with van der Waals surface area (Å²) in [5, 5.41) is 3.32. The topological polar surface area (TPSA) is 86.8 Å². The number of halogens is 3. The van der Waals surface area contributed by atoms with Crippen LogP contribution >= 0.6 is 23.2 Å². The summed E-state index contributed by atoms with van der Waals surface area (Å²) in [5.41, 5.74) is 1.64. The lowest BCUT2D eigenvalue weighted by atomic mass is 10.0. The molecule has 4 aromatic rings. The number of hydrogen-bond donors (Lipinski definition) is 1. The standard InChI is InChI=1S/C35H36Cl2FN3O4S/c1-24-10-16-31(17-11-24)46(44,45)41(30-20-27(36)19-28(37)21-30)23-33(42)40(22-26-12-14-29(38)15-13-26)32(34(43)39-35(2,3)4)18-25-8-6-5-7-9-25/h5-17,19-21,32H,18,22-23H2,1-4H3,(H,39,43). The summed E-state index contributed by atoms with van der Waals surface area (Å²) < 4.78 is 43.1. The average Bonchev–Trinajstić information content (AvgIpc) is 2.97. The zero-order chi connectivity index (χ0) is 33.6. The largest absolute Gasteiger partial charge is 0.350 e. The maximum absolute atomic E-state index is 14.5. The number of carbonyl (C=O) groups excluding carboxylic acids is 2. The highest BCUT2D eigenvalue weighted by atomic mass is 35.5. The second kappa shape index (κ2) is 14.7. The maximum atomic E-state index is 14.5. The minimum atomic E-state index is -4.33. The van der Waals surface area contributed by atoms with Crippen LogP contribution in [-0.2, 0) is 32.6 Å². The number of hydrogen-bond acceptors (Lipinski definition) is 4. The van der Waals surface area contributed by atoms with Crippen molar-refractivity contribution in [2.75, 3.05) is 10.8 Å². The molecule has 0 radical (unpaired) electrons. The lowest BCUT2D eigenvalue weighted by Crippen LogP contribution is -2.56. The van der Waals surface area contributed by atoms with E-state index in [0.717, 1.165) is 15.4 Å². The molecule has 0 heterocycles. The molecule has 1 unspecified atom stereocenters. The number of anilines is 1. The van der Waals surface area contributed by atoms with Gasteiger partial charge in [-0.3, -0.25) is 13.9 Å². The quantitative estimate of drug-likeness (QED) is 0.181. The van der Waals surface area contributed by atoms with Crippen LogP contribution in [0.1, 0.15) is 37.5 Å². The monoisotopic (exact) mass is 683 g/mol. The van der Waals surface area contributed by atoms with E-state index in [1.807, 2.05) is 58.0 Å². The lowest BCUT2D eigenvalue weighted by molar-refractivity contribution is -0.140. The van der Waals surface area contributed by atoms with E-state index in [1.54, 1.807) is 12.1 Å². The van der Waals surface area contributed by atoms with Gasteiger partial charge < -0.3 is 10.2 Å². The number of nitrogens with one attached hydrogen (secondary N) is 1. The number of benzene rings is 4. The first-order valence-electron chi connectivity index (χ1n) is 14.6. The number of sulfonamides is 1. The van der Waals surface area contributed by atoms with Crippen LogP contribution < -0.4 is 9.62 Å². The minimum absolute atomic E-state index is 0.0432. The molecular weight excluding hydrogens is 648 g/mol. The molecule has 0 aromatic heterocycles. The van der Waals surface area contributed by atoms with Gasteiger partial charge in [0.15, 0.2) is 0 Å². The van der Waals surface area contributed by atoms with Gasteiger partial charge in [0.25, 0.3) is 10.0 Å². The molecule has 4 rings (SSSR count). The Balaban J connectivity index is 1.84. The zero-order valence-corrected chi connectivity index (χ0v) is 28.3. The second-order valence-corrected chi connectivity index (χ2v) is 14.8. The molecule has 4 aromatic carbocycles. The zero-order valence-electron chi connectivity index (χ0n) is 26.0. The predicted octanol–water partition coefficient (Wildman–Crippen LogP) is 7.19. The Morgan fingerprint density at radius 3 is 2.00 bits per heavy atom. The van der Waals surface area contributed by atoms with Crippen molar-refractivity contribution in [3.63, 3.8) is 0 Å². The number of aryl methyl sites for hydroxylation is 1. The van der Waals surface area contributed by atoms with Gasteiger partial charge in [-0.2, -0.15) is 0 Å². The Labute approximate surface area is 280 Å². The van der Waals surface area contributed by atoms with Gasteiger partial charge in [0.1, 0.15) is 18.4 Å². The Kier molecular flexibility index (Phi) is 11.1. The third kappa shape index (κ3) is 9.31. The van der Waals surface area contributed by atoms with Gasteiger partial charge >= 0.3 is 0 Å². The van der Waals surface area contributed by atoms with E-state index in [0.29, 0.717) is 5.56 Å². The minimum Gasteiger partial charge on any atom is -0.350 e. The van der Waals surface area contributed by atoms with E-state index in [2.05, 4.69) is 5.32 Å². The van der Waals surface area contributed by atoms with E-state index in [9.17, 15) is 22.4 Å². The molecule has 0 spiro atoms. The first-order valence-corrected chi connectivity index (χ1v) is 16.8. The van der Waals surface area contributed by atoms with Crippen molar-refractivity contribution >= 4 is 50.7 Å². The van der Waals surface area contributed by atoms with E-state index in [1.165, 1.54) is 59.5 Å². The number of rotatable bonds is 11. The summed E-state index contributed by atoms with van der Waals surface area (Å²) in [6.07, 6.45) is 0.142. The molecule has 7 nitrogen and oxygen atoms in total. The van der Waals surface area contributed by atoms with Crippen LogP contribution in [0, 0.1) is 12.7 Å². The smallest absolute Gasteiger partial charge is 0.264 e. The van der Waals surface area contributed by atoms with Crippen LogP contribution in [0.15, 0.2) is 102 Å². The molecule has 242 valence electrons. The van der Waals surface area contributed by atoms with Crippen molar-refractivity contribution in [2.45, 2.75) is 57.1 Å². The van der Waals surface area contributed by atoms with Gasteiger partial charge in [-0.05, 0) is 81.3 Å². The molecule has 0 bridgehead atoms. The van der Waals surface area contributed by atoms with Gasteiger partial charge in [-0.1, -0.05) is 83.4 Å². The molecule has 11 heteroatoms. The van der Waals surface area contributed by atoms with Crippen molar-refractivity contribution in [1.82, 2.24) is 10.2 Å². The molecule has 1 N–H and O–H groups in total. The van der Waals surface area contributed by atoms with Crippen molar-refractivity contribution in [2.24, 2.45) is 0 Å². The van der Waals surface area contributed by atoms with Gasteiger partial charge in [0.2, 0.25) is 11.8 Å². The van der Waals surface area contributed by atoms with E-state index >= 15 is 0 Å². The van der Waals surface area contributed by atoms with Crippen LogP contribution in [0.5, 0.6) is 0 Å². The van der Waals surface area contributed by atoms with Crippen LogP contribution in [0.3, 0.4) is 0 Å². The molecule has 1 atom stereocenters. The summed E-state index contributed by atoms with van der Waals surface area (Å²) in [6.45, 7) is 6.54. The number of amides is 2. The summed E-state index contributed by atoms with van der Waals surface area (Å²) in [7, 11) is -4.33. The third-order valence-electron chi connectivity index (χ3n) is 7.06. The number of carbonyl (C=O) groups is 2. The SMILES string of the molecule is Cc1ccc(S(=O)(=O)N(CC(=O)N(Cc2ccc(F)cc2)C(Cc2ccccc2)C(=O)NC(C)(C)C)c2cc(Cl)cc(Cl)c2)cc1. The molecular formula is C35H36Cl2FN3O4S. The van der Waals surface area contributed by atoms with Gasteiger partial charge in [0.05, 0.1) is 10.6 Å². The summed E-state index contributed by atoms with van der Waals surface area (Å²) >= 11 is 12.6. The molecule has 0 aliphatic rings. The summed E-state index contributed by atoms with van der Waals surface area (Å²) in [5.74, 6) is -1.55. The molecule has 0 fully saturated rings. The van der Waals surface area contributed by atoms with Gasteiger partial charge in [-0.25, -0.2) is 12.8 Å². The van der Waals surface area contributed by atoms with E-state index < -0.39 is 45.8 Å². The highest BCUT2D eigenvalue weighted by molar-refractivity contribution is 7.92. The van der Waals surface area contributed by atoms with E-state index in [4.69, 9.17) is 23.2 Å². The predicted molar refractivity (Wildman–Crippen MR) is 181 cm³/mol. The highest BCUT2D eigenvalue weighted by Crippen LogP contribution is 2.30. The molecule has 2 amide bonds. The first kappa shape index (κ1) is 34.9. The Morgan fingerprint density at radius 2 is 1.43 bits per heavy atom. The molecule has 0 aliphatic heterocycles. The van der Waals surface area contributed by atoms with E-state index in [-0.39, 0.29) is 33.6 Å². The summed E-state index contributed by atoms with van der Waals surface area (Å²) in [4.78, 5) is 29.7. The molecule has 0 aliphatic carbocycles. The molecule has 46 heavy (non-hydrogen) atoms. The Morgan fingerprint density at radius 1 is 0.848 bits per heavy atom. The normalized spacial score (nSPS) is 12.3.